The zero-order chi connectivity index (χ0) is 19.2. The summed E-state index contributed by atoms with van der Waals surface area (Å²) in [5, 5.41) is 0. The first kappa shape index (κ1) is 19.8. The normalized spacial score (nSPS) is 42.1. The van der Waals surface area contributed by atoms with Gasteiger partial charge in [0, 0.05) is 0 Å². The predicted molar refractivity (Wildman–Crippen MR) is 118 cm³/mol. The molecule has 0 N–H and O–H groups in total. The second-order valence-corrected chi connectivity index (χ2v) is 11.6. The van der Waals surface area contributed by atoms with E-state index in [4.69, 9.17) is 0 Å². The van der Waals surface area contributed by atoms with Gasteiger partial charge in [-0.2, -0.15) is 0 Å². The SMILES string of the molecule is CC(C)CCC[C@@H](C)C1CC[C@H]2C3=CC=C4CCCC[C@]4(C)C3CC[C@]12C. The van der Waals surface area contributed by atoms with E-state index in [2.05, 4.69) is 46.8 Å². The van der Waals surface area contributed by atoms with Gasteiger partial charge in [-0.25, -0.2) is 0 Å². The van der Waals surface area contributed by atoms with Gasteiger partial charge < -0.3 is 0 Å². The number of allylic oxidation sites excluding steroid dienone is 4. The van der Waals surface area contributed by atoms with Crippen LogP contribution in [0.1, 0.15) is 105 Å². The molecule has 0 amide bonds. The smallest absolute Gasteiger partial charge is 0.00476 e. The van der Waals surface area contributed by atoms with Gasteiger partial charge >= 0.3 is 0 Å². The van der Waals surface area contributed by atoms with E-state index < -0.39 is 0 Å². The van der Waals surface area contributed by atoms with Crippen molar-refractivity contribution in [1.82, 2.24) is 0 Å². The number of fused-ring (bicyclic) bond motifs is 5. The molecular formula is C27H44. The highest BCUT2D eigenvalue weighted by molar-refractivity contribution is 5.38. The van der Waals surface area contributed by atoms with Crippen molar-refractivity contribution in [2.45, 2.75) is 105 Å². The molecule has 0 heteroatoms. The lowest BCUT2D eigenvalue weighted by molar-refractivity contribution is 0.0477. The maximum absolute atomic E-state index is 2.69. The fraction of sp³-hybridized carbons (Fsp3) is 0.852. The third-order valence-electron chi connectivity index (χ3n) is 9.69. The molecule has 0 aliphatic heterocycles. The molecule has 0 spiro atoms. The van der Waals surface area contributed by atoms with E-state index in [1.807, 2.05) is 5.57 Å². The molecule has 0 aromatic heterocycles. The van der Waals surface area contributed by atoms with Crippen LogP contribution in [0.2, 0.25) is 0 Å². The zero-order valence-corrected chi connectivity index (χ0v) is 18.8. The highest BCUT2D eigenvalue weighted by Crippen LogP contribution is 2.66. The molecule has 0 bridgehead atoms. The summed E-state index contributed by atoms with van der Waals surface area (Å²) < 4.78 is 0. The van der Waals surface area contributed by atoms with Gasteiger partial charge in [-0.1, -0.05) is 83.6 Å². The monoisotopic (exact) mass is 368 g/mol. The zero-order valence-electron chi connectivity index (χ0n) is 18.8. The van der Waals surface area contributed by atoms with Crippen LogP contribution in [0.5, 0.6) is 0 Å². The minimum absolute atomic E-state index is 0.505. The summed E-state index contributed by atoms with van der Waals surface area (Å²) in [7, 11) is 0. The number of rotatable bonds is 5. The van der Waals surface area contributed by atoms with Crippen molar-refractivity contribution in [1.29, 1.82) is 0 Å². The van der Waals surface area contributed by atoms with Crippen LogP contribution in [-0.2, 0) is 0 Å². The summed E-state index contributed by atoms with van der Waals surface area (Å²) in [6.07, 6.45) is 21.1. The molecule has 0 heterocycles. The van der Waals surface area contributed by atoms with Crippen molar-refractivity contribution < 1.29 is 0 Å². The summed E-state index contributed by atoms with van der Waals surface area (Å²) in [6, 6.07) is 0. The summed E-state index contributed by atoms with van der Waals surface area (Å²) >= 11 is 0. The largest absolute Gasteiger partial charge is 0.0637 e. The average molecular weight is 369 g/mol. The van der Waals surface area contributed by atoms with Crippen LogP contribution in [-0.4, -0.2) is 0 Å². The van der Waals surface area contributed by atoms with Gasteiger partial charge in [-0.3, -0.25) is 0 Å². The Morgan fingerprint density at radius 1 is 0.926 bits per heavy atom. The third kappa shape index (κ3) is 3.28. The molecule has 3 saturated carbocycles. The Morgan fingerprint density at radius 2 is 1.74 bits per heavy atom. The van der Waals surface area contributed by atoms with Crippen LogP contribution in [0, 0.1) is 40.4 Å². The van der Waals surface area contributed by atoms with Crippen molar-refractivity contribution in [2.24, 2.45) is 40.4 Å². The minimum Gasteiger partial charge on any atom is -0.0637 e. The summed E-state index contributed by atoms with van der Waals surface area (Å²) in [6.45, 7) is 12.7. The first-order valence-electron chi connectivity index (χ1n) is 12.3. The van der Waals surface area contributed by atoms with Crippen LogP contribution in [0.25, 0.3) is 0 Å². The lowest BCUT2D eigenvalue weighted by Crippen LogP contribution is -2.45. The molecule has 27 heavy (non-hydrogen) atoms. The summed E-state index contributed by atoms with van der Waals surface area (Å²) in [4.78, 5) is 0. The number of hydrogen-bond acceptors (Lipinski definition) is 0. The van der Waals surface area contributed by atoms with Crippen molar-refractivity contribution in [3.8, 4) is 0 Å². The molecule has 4 aliphatic carbocycles. The van der Waals surface area contributed by atoms with Gasteiger partial charge in [-0.05, 0) is 85.4 Å². The quantitative estimate of drug-likeness (QED) is 0.457. The van der Waals surface area contributed by atoms with Crippen LogP contribution >= 0.6 is 0 Å². The minimum atomic E-state index is 0.505. The Morgan fingerprint density at radius 3 is 2.52 bits per heavy atom. The van der Waals surface area contributed by atoms with Crippen LogP contribution in [0.3, 0.4) is 0 Å². The topological polar surface area (TPSA) is 0 Å². The van der Waals surface area contributed by atoms with E-state index in [0.717, 1.165) is 29.6 Å². The Bertz CT molecular complexity index is 608. The lowest BCUT2D eigenvalue weighted by Gasteiger charge is -2.54. The van der Waals surface area contributed by atoms with E-state index in [0.29, 0.717) is 10.8 Å². The molecule has 3 fully saturated rings. The van der Waals surface area contributed by atoms with E-state index in [1.54, 1.807) is 5.57 Å². The van der Waals surface area contributed by atoms with Gasteiger partial charge in [0.15, 0.2) is 0 Å². The van der Waals surface area contributed by atoms with E-state index in [1.165, 1.54) is 70.6 Å². The van der Waals surface area contributed by atoms with Crippen LogP contribution in [0.15, 0.2) is 23.3 Å². The molecule has 0 nitrogen and oxygen atoms in total. The van der Waals surface area contributed by atoms with Crippen molar-refractivity contribution in [3.63, 3.8) is 0 Å². The first-order valence-corrected chi connectivity index (χ1v) is 12.3. The molecule has 2 unspecified atom stereocenters. The molecule has 0 radical (unpaired) electrons. The molecule has 0 saturated heterocycles. The number of hydrogen-bond donors (Lipinski definition) is 0. The Labute approximate surface area is 169 Å². The van der Waals surface area contributed by atoms with Crippen LogP contribution < -0.4 is 0 Å². The van der Waals surface area contributed by atoms with Gasteiger partial charge in [0.2, 0.25) is 0 Å². The average Bonchev–Trinajstić information content (AvgIpc) is 2.98. The molecule has 4 rings (SSSR count). The van der Waals surface area contributed by atoms with Crippen LogP contribution in [0.4, 0.5) is 0 Å². The molecule has 6 atom stereocenters. The second-order valence-electron chi connectivity index (χ2n) is 11.6. The van der Waals surface area contributed by atoms with E-state index >= 15 is 0 Å². The molecule has 152 valence electrons. The molecule has 0 aromatic rings. The third-order valence-corrected chi connectivity index (χ3v) is 9.69. The van der Waals surface area contributed by atoms with E-state index in [9.17, 15) is 0 Å². The Balaban J connectivity index is 1.52. The van der Waals surface area contributed by atoms with Gasteiger partial charge in [0.05, 0.1) is 0 Å². The predicted octanol–water partition coefficient (Wildman–Crippen LogP) is 8.34. The highest BCUT2D eigenvalue weighted by atomic mass is 14.6. The molecule has 4 aliphatic rings. The standard InChI is InChI=1S/C27H44/c1-19(2)9-8-10-20(3)23-14-15-24-22-13-12-21-11-6-7-17-26(21,4)25(22)16-18-27(23,24)5/h12-13,19-20,23-25H,6-11,14-18H2,1-5H3/t20-,23?,24+,25?,26+,27-/m1/s1. The maximum Gasteiger partial charge on any atom is -0.00476 e. The lowest BCUT2D eigenvalue weighted by atomic mass is 9.50. The summed E-state index contributed by atoms with van der Waals surface area (Å²) in [5.41, 5.74) is 4.76. The first-order chi connectivity index (χ1) is 12.9. The highest BCUT2D eigenvalue weighted by Gasteiger charge is 2.56. The maximum atomic E-state index is 2.69. The van der Waals surface area contributed by atoms with E-state index in [-0.39, 0.29) is 0 Å². The fourth-order valence-electron chi connectivity index (χ4n) is 8.06. The molecular weight excluding hydrogens is 324 g/mol. The van der Waals surface area contributed by atoms with Crippen molar-refractivity contribution >= 4 is 0 Å². The van der Waals surface area contributed by atoms with Gasteiger partial charge in [0.1, 0.15) is 0 Å². The van der Waals surface area contributed by atoms with Gasteiger partial charge in [-0.15, -0.1) is 0 Å². The Hall–Kier alpha value is -0.520. The second kappa shape index (κ2) is 7.38. The molecule has 0 aromatic carbocycles. The van der Waals surface area contributed by atoms with Crippen molar-refractivity contribution in [3.05, 3.63) is 23.3 Å². The summed E-state index contributed by atoms with van der Waals surface area (Å²) in [5.74, 6) is 4.48. The van der Waals surface area contributed by atoms with Crippen molar-refractivity contribution in [2.75, 3.05) is 0 Å². The van der Waals surface area contributed by atoms with Gasteiger partial charge in [0.25, 0.3) is 0 Å². The fourth-order valence-corrected chi connectivity index (χ4v) is 8.06. The Kier molecular flexibility index (Phi) is 5.41.